The van der Waals surface area contributed by atoms with Crippen LogP contribution in [0.15, 0.2) is 0 Å². The molecule has 1 heterocycles. The number of nitrogens with one attached hydrogen (secondary N) is 3. The topological polar surface area (TPSA) is 171 Å². The van der Waals surface area contributed by atoms with Gasteiger partial charge in [-0.1, -0.05) is 96.9 Å². The quantitative estimate of drug-likeness (QED) is 0.245. The van der Waals surface area contributed by atoms with Crippen molar-refractivity contribution in [2.75, 3.05) is 27.2 Å². The molecule has 0 radical (unpaired) electrons. The van der Waals surface area contributed by atoms with Crippen molar-refractivity contribution in [1.82, 2.24) is 25.8 Å². The molecule has 0 saturated carbocycles. The molecule has 0 aromatic heterocycles. The summed E-state index contributed by atoms with van der Waals surface area (Å²) < 4.78 is 0. The number of rotatable bonds is 11. The van der Waals surface area contributed by atoms with E-state index in [1.165, 1.54) is 9.80 Å². The highest BCUT2D eigenvalue weighted by atomic mass is 16.2. The number of hydrogen-bond donors (Lipinski definition) is 4. The molecule has 12 nitrogen and oxygen atoms in total. The molecule has 1 aliphatic rings. The van der Waals surface area contributed by atoms with E-state index in [4.69, 9.17) is 5.73 Å². The number of ketones is 1. The highest BCUT2D eigenvalue weighted by molar-refractivity contribution is 6.37. The van der Waals surface area contributed by atoms with Crippen molar-refractivity contribution in [3.63, 3.8) is 0 Å². The zero-order valence-electron chi connectivity index (χ0n) is 31.8. The molecule has 4 atom stereocenters. The molecule has 1 fully saturated rings. The van der Waals surface area contributed by atoms with E-state index in [9.17, 15) is 28.8 Å². The van der Waals surface area contributed by atoms with Crippen molar-refractivity contribution < 1.29 is 28.8 Å². The minimum atomic E-state index is -1.13. The maximum atomic E-state index is 13.8. The number of amides is 6. The molecule has 1 aliphatic heterocycles. The van der Waals surface area contributed by atoms with Gasteiger partial charge < -0.3 is 31.5 Å². The number of carbonyl (C=O) groups is 6. The van der Waals surface area contributed by atoms with Gasteiger partial charge in [0.15, 0.2) is 0 Å². The third-order valence-electron chi connectivity index (χ3n) is 6.72. The summed E-state index contributed by atoms with van der Waals surface area (Å²) in [4.78, 5) is 78.7. The smallest absolute Gasteiger partial charge is 0.315 e. The fourth-order valence-corrected chi connectivity index (χ4v) is 4.54. The molecule has 0 aromatic rings. The lowest BCUT2D eigenvalue weighted by Gasteiger charge is -2.37. The van der Waals surface area contributed by atoms with E-state index in [0.29, 0.717) is 6.42 Å². The van der Waals surface area contributed by atoms with Gasteiger partial charge in [0.1, 0.15) is 12.1 Å². The van der Waals surface area contributed by atoms with Crippen molar-refractivity contribution in [2.45, 2.75) is 128 Å². The Morgan fingerprint density at radius 1 is 0.870 bits per heavy atom. The van der Waals surface area contributed by atoms with Crippen LogP contribution in [0.2, 0.25) is 0 Å². The van der Waals surface area contributed by atoms with E-state index < -0.39 is 53.1 Å². The minimum absolute atomic E-state index is 0.00169. The first-order valence-electron chi connectivity index (χ1n) is 16.8. The second-order valence-corrected chi connectivity index (χ2v) is 13.7. The van der Waals surface area contributed by atoms with Crippen LogP contribution in [0.5, 0.6) is 0 Å². The van der Waals surface area contributed by atoms with Gasteiger partial charge in [-0.05, 0) is 41.9 Å². The molecular weight excluding hydrogens is 588 g/mol. The molecule has 12 heteroatoms. The standard InChI is InChI=1S/C26H46N6O6.C4H10.2C2H6/c1-14(2)12-17(20(34)22(27)35)29-23(36)19-16(15(3)4)10-11-32(19)24(37)21(26(5,6)7)30-25(38)28-13-18(33)31(8)9;1-4(2)3;2*1-2/h14-17,19,21H,10-13H2,1-9H3,(H2,27,35)(H,29,36)(H2,28,30,38);4H,1-3H3;2*1-2H3. The maximum absolute atomic E-state index is 13.8. The Hall–Kier alpha value is -3.18. The van der Waals surface area contributed by atoms with E-state index in [2.05, 4.69) is 36.7 Å². The zero-order valence-corrected chi connectivity index (χ0v) is 31.8. The molecule has 5 N–H and O–H groups in total. The lowest BCUT2D eigenvalue weighted by atomic mass is 9.84. The lowest BCUT2D eigenvalue weighted by Crippen LogP contribution is -2.61. The third-order valence-corrected chi connectivity index (χ3v) is 6.72. The van der Waals surface area contributed by atoms with Gasteiger partial charge in [0, 0.05) is 20.6 Å². The average Bonchev–Trinajstić information content (AvgIpc) is 3.40. The number of hydrogen-bond acceptors (Lipinski definition) is 6. The van der Waals surface area contributed by atoms with Gasteiger partial charge in [-0.25, -0.2) is 4.79 Å². The molecule has 0 aromatic carbocycles. The summed E-state index contributed by atoms with van der Waals surface area (Å²) in [6.45, 7) is 27.5. The van der Waals surface area contributed by atoms with Crippen LogP contribution in [-0.4, -0.2) is 90.6 Å². The van der Waals surface area contributed by atoms with Gasteiger partial charge in [-0.15, -0.1) is 0 Å². The molecule has 0 bridgehead atoms. The van der Waals surface area contributed by atoms with Crippen LogP contribution in [0.3, 0.4) is 0 Å². The van der Waals surface area contributed by atoms with Gasteiger partial charge in [0.2, 0.25) is 23.5 Å². The Balaban J connectivity index is -0.00000209. The highest BCUT2D eigenvalue weighted by Gasteiger charge is 2.47. The van der Waals surface area contributed by atoms with E-state index in [1.54, 1.807) is 34.9 Å². The van der Waals surface area contributed by atoms with Crippen molar-refractivity contribution in [3.8, 4) is 0 Å². The molecule has 6 amide bonds. The fourth-order valence-electron chi connectivity index (χ4n) is 4.54. The molecule has 4 unspecified atom stereocenters. The Morgan fingerprint density at radius 3 is 1.72 bits per heavy atom. The first kappa shape index (κ1) is 47.2. The number of likely N-dealkylation sites (tertiary alicyclic amines) is 1. The summed E-state index contributed by atoms with van der Waals surface area (Å²) in [7, 11) is 3.13. The molecule has 1 rings (SSSR count). The largest absolute Gasteiger partial charge is 0.363 e. The van der Waals surface area contributed by atoms with Gasteiger partial charge in [-0.3, -0.25) is 24.0 Å². The van der Waals surface area contributed by atoms with E-state index in [-0.39, 0.29) is 43.2 Å². The SMILES string of the molecule is CC.CC.CC(C)C.CC(C)CC(NC(=O)C1C(C(C)C)CCN1C(=O)C(NC(=O)NCC(=O)N(C)C)C(C)(C)C)C(=O)C(N)=O. The van der Waals surface area contributed by atoms with Crippen LogP contribution in [0.4, 0.5) is 4.79 Å². The number of likely N-dealkylation sites (N-methyl/N-ethyl adjacent to an activating group) is 1. The highest BCUT2D eigenvalue weighted by Crippen LogP contribution is 2.33. The summed E-state index contributed by atoms with van der Waals surface area (Å²) in [5.74, 6) is -2.64. The van der Waals surface area contributed by atoms with Crippen LogP contribution >= 0.6 is 0 Å². The van der Waals surface area contributed by atoms with Crippen LogP contribution < -0.4 is 21.7 Å². The predicted octanol–water partition coefficient (Wildman–Crippen LogP) is 3.96. The first-order chi connectivity index (χ1) is 21.1. The summed E-state index contributed by atoms with van der Waals surface area (Å²) in [5, 5.41) is 7.82. The average molecular weight is 657 g/mol. The summed E-state index contributed by atoms with van der Waals surface area (Å²) in [6, 6.07) is -3.68. The number of nitrogens with two attached hydrogens (primary N) is 1. The van der Waals surface area contributed by atoms with Gasteiger partial charge in [0.25, 0.3) is 5.91 Å². The molecule has 46 heavy (non-hydrogen) atoms. The molecule has 0 spiro atoms. The van der Waals surface area contributed by atoms with E-state index in [0.717, 1.165) is 5.92 Å². The molecule has 270 valence electrons. The second kappa shape index (κ2) is 23.2. The van der Waals surface area contributed by atoms with E-state index in [1.807, 2.05) is 55.4 Å². The summed E-state index contributed by atoms with van der Waals surface area (Å²) >= 11 is 0. The monoisotopic (exact) mass is 657 g/mol. The predicted molar refractivity (Wildman–Crippen MR) is 186 cm³/mol. The lowest BCUT2D eigenvalue weighted by molar-refractivity contribution is -0.144. The molecule has 1 saturated heterocycles. The second-order valence-electron chi connectivity index (χ2n) is 13.7. The van der Waals surface area contributed by atoms with Crippen molar-refractivity contribution in [2.24, 2.45) is 34.8 Å². The van der Waals surface area contributed by atoms with E-state index >= 15 is 0 Å². The minimum Gasteiger partial charge on any atom is -0.363 e. The van der Waals surface area contributed by atoms with Gasteiger partial charge in [0.05, 0.1) is 12.6 Å². The number of primary amides is 1. The van der Waals surface area contributed by atoms with Crippen molar-refractivity contribution >= 4 is 35.4 Å². The van der Waals surface area contributed by atoms with Crippen LogP contribution in [0.25, 0.3) is 0 Å². The Morgan fingerprint density at radius 2 is 1.35 bits per heavy atom. The van der Waals surface area contributed by atoms with Crippen LogP contribution in [0.1, 0.15) is 110 Å². The Kier molecular flexibility index (Phi) is 23.8. The van der Waals surface area contributed by atoms with Crippen LogP contribution in [-0.2, 0) is 24.0 Å². The number of carbonyl (C=O) groups excluding carboxylic acids is 6. The normalized spacial score (nSPS) is 16.8. The third kappa shape index (κ3) is 17.5. The number of urea groups is 1. The van der Waals surface area contributed by atoms with Crippen molar-refractivity contribution in [1.29, 1.82) is 0 Å². The summed E-state index contributed by atoms with van der Waals surface area (Å²) in [5.41, 5.74) is 4.49. The fraction of sp³-hybridized carbons (Fsp3) is 0.824. The van der Waals surface area contributed by atoms with Gasteiger partial charge >= 0.3 is 6.03 Å². The number of nitrogens with zero attached hydrogens (tertiary/aromatic N) is 2. The van der Waals surface area contributed by atoms with Crippen molar-refractivity contribution in [3.05, 3.63) is 0 Å². The molecule has 0 aliphatic carbocycles. The first-order valence-corrected chi connectivity index (χ1v) is 16.8. The number of Topliss-reactive ketones (excluding diaryl/α,β-unsaturated/α-hetero) is 1. The molecular formula is C34H68N6O6. The Bertz CT molecular complexity index is 956. The maximum Gasteiger partial charge on any atom is 0.315 e. The summed E-state index contributed by atoms with van der Waals surface area (Å²) in [6.07, 6.45) is 0.777. The van der Waals surface area contributed by atoms with Gasteiger partial charge in [-0.2, -0.15) is 0 Å². The Labute approximate surface area is 279 Å². The van der Waals surface area contributed by atoms with Crippen LogP contribution in [0, 0.1) is 29.1 Å². The zero-order chi connectivity index (χ0) is 37.1.